The maximum absolute atomic E-state index is 12.0. The van der Waals surface area contributed by atoms with Gasteiger partial charge in [0.05, 0.1) is 11.5 Å². The average molecular weight is 304 g/mol. The van der Waals surface area contributed by atoms with Crippen molar-refractivity contribution >= 4 is 10.1 Å². The van der Waals surface area contributed by atoms with Crippen LogP contribution in [-0.4, -0.2) is 21.1 Å². The molecule has 0 spiro atoms. The second kappa shape index (κ2) is 5.60. The van der Waals surface area contributed by atoms with Crippen molar-refractivity contribution in [3.8, 4) is 0 Å². The van der Waals surface area contributed by atoms with Crippen LogP contribution in [-0.2, 0) is 19.0 Å². The third-order valence-electron chi connectivity index (χ3n) is 3.41. The first-order valence-corrected chi connectivity index (χ1v) is 8.13. The summed E-state index contributed by atoms with van der Waals surface area (Å²) < 4.78 is 34.6. The van der Waals surface area contributed by atoms with Crippen LogP contribution in [0.15, 0.2) is 59.5 Å². The van der Waals surface area contributed by atoms with Gasteiger partial charge in [0.2, 0.25) is 0 Å². The summed E-state index contributed by atoms with van der Waals surface area (Å²) in [5.74, 6) is 0. The van der Waals surface area contributed by atoms with Gasteiger partial charge >= 0.3 is 0 Å². The van der Waals surface area contributed by atoms with Crippen molar-refractivity contribution in [1.82, 2.24) is 0 Å². The fourth-order valence-corrected chi connectivity index (χ4v) is 3.05. The second-order valence-electron chi connectivity index (χ2n) is 5.06. The molecule has 1 aliphatic rings. The molecule has 1 aliphatic heterocycles. The average Bonchev–Trinajstić information content (AvgIpc) is 3.26. The lowest BCUT2D eigenvalue weighted by atomic mass is 10.1. The van der Waals surface area contributed by atoms with Crippen LogP contribution in [0.25, 0.3) is 0 Å². The van der Waals surface area contributed by atoms with Crippen LogP contribution in [0.3, 0.4) is 0 Å². The minimum absolute atomic E-state index is 0.0375. The lowest BCUT2D eigenvalue weighted by Crippen LogP contribution is -2.11. The molecule has 1 saturated heterocycles. The second-order valence-corrected chi connectivity index (χ2v) is 6.67. The minimum atomic E-state index is -3.72. The van der Waals surface area contributed by atoms with E-state index in [-0.39, 0.29) is 23.7 Å². The largest absolute Gasteiger partial charge is 0.362 e. The first kappa shape index (κ1) is 14.3. The topological polar surface area (TPSA) is 55.9 Å². The number of rotatable bonds is 5. The summed E-state index contributed by atoms with van der Waals surface area (Å²) in [6.45, 7) is 1.94. The molecule has 0 radical (unpaired) electrons. The van der Waals surface area contributed by atoms with Crippen molar-refractivity contribution in [3.05, 3.63) is 65.7 Å². The Morgan fingerprint density at radius 2 is 1.71 bits per heavy atom. The Labute approximate surface area is 124 Å². The molecule has 4 nitrogen and oxygen atoms in total. The third kappa shape index (κ3) is 3.32. The van der Waals surface area contributed by atoms with Crippen molar-refractivity contribution in [2.75, 3.05) is 6.61 Å². The summed E-state index contributed by atoms with van der Waals surface area (Å²) in [6, 6.07) is 16.3. The van der Waals surface area contributed by atoms with E-state index in [2.05, 4.69) is 0 Å². The zero-order valence-electron chi connectivity index (χ0n) is 11.6. The summed E-state index contributed by atoms with van der Waals surface area (Å²) >= 11 is 0. The molecule has 1 heterocycles. The SMILES string of the molecule is Cc1ccc(S(=O)(=O)OC[C@H]2O[C@H]2c2ccccc2)cc1. The summed E-state index contributed by atoms with van der Waals surface area (Å²) in [4.78, 5) is 0.171. The lowest BCUT2D eigenvalue weighted by Gasteiger charge is -2.04. The molecule has 0 aromatic heterocycles. The Hall–Kier alpha value is -1.69. The van der Waals surface area contributed by atoms with E-state index in [4.69, 9.17) is 8.92 Å². The molecule has 0 amide bonds. The molecule has 0 aliphatic carbocycles. The molecular formula is C16H16O4S. The number of aryl methyl sites for hydroxylation is 1. The predicted molar refractivity (Wildman–Crippen MR) is 78.4 cm³/mol. The van der Waals surface area contributed by atoms with Crippen LogP contribution in [0.1, 0.15) is 17.2 Å². The maximum Gasteiger partial charge on any atom is 0.297 e. The van der Waals surface area contributed by atoms with E-state index in [1.54, 1.807) is 24.3 Å². The van der Waals surface area contributed by atoms with E-state index < -0.39 is 10.1 Å². The van der Waals surface area contributed by atoms with E-state index in [1.807, 2.05) is 37.3 Å². The number of ether oxygens (including phenoxy) is 1. The Bertz CT molecular complexity index is 708. The van der Waals surface area contributed by atoms with Gasteiger partial charge in [-0.25, -0.2) is 0 Å². The molecule has 1 fully saturated rings. The number of hydrogen-bond acceptors (Lipinski definition) is 4. The molecule has 0 saturated carbocycles. The standard InChI is InChI=1S/C16H16O4S/c1-12-7-9-14(10-8-12)21(17,18)19-11-15-16(20-15)13-5-3-2-4-6-13/h2-10,15-16H,11H2,1H3/t15-,16+/m1/s1. The molecule has 3 rings (SSSR count). The van der Waals surface area contributed by atoms with Gasteiger partial charge < -0.3 is 4.74 Å². The Kier molecular flexibility index (Phi) is 3.80. The molecule has 2 aromatic rings. The zero-order chi connectivity index (χ0) is 14.9. The van der Waals surface area contributed by atoms with Crippen molar-refractivity contribution in [3.63, 3.8) is 0 Å². The highest BCUT2D eigenvalue weighted by molar-refractivity contribution is 7.86. The van der Waals surface area contributed by atoms with Crippen LogP contribution in [0.2, 0.25) is 0 Å². The van der Waals surface area contributed by atoms with E-state index in [0.717, 1.165) is 11.1 Å². The third-order valence-corrected chi connectivity index (χ3v) is 4.70. The first-order valence-electron chi connectivity index (χ1n) is 6.73. The number of epoxide rings is 1. The Balaban J connectivity index is 1.60. The Morgan fingerprint density at radius 3 is 2.38 bits per heavy atom. The highest BCUT2D eigenvalue weighted by Crippen LogP contribution is 2.39. The zero-order valence-corrected chi connectivity index (χ0v) is 12.4. The fraction of sp³-hybridized carbons (Fsp3) is 0.250. The Morgan fingerprint density at radius 1 is 1.05 bits per heavy atom. The van der Waals surface area contributed by atoms with Gasteiger partial charge in [-0.05, 0) is 24.6 Å². The predicted octanol–water partition coefficient (Wildman–Crippen LogP) is 2.84. The van der Waals surface area contributed by atoms with Crippen LogP contribution in [0.4, 0.5) is 0 Å². The molecule has 2 atom stereocenters. The summed E-state index contributed by atoms with van der Waals surface area (Å²) in [7, 11) is -3.72. The maximum atomic E-state index is 12.0. The molecular weight excluding hydrogens is 288 g/mol. The van der Waals surface area contributed by atoms with E-state index in [9.17, 15) is 8.42 Å². The van der Waals surface area contributed by atoms with Crippen molar-refractivity contribution in [1.29, 1.82) is 0 Å². The lowest BCUT2D eigenvalue weighted by molar-refractivity contribution is 0.264. The molecule has 5 heteroatoms. The van der Waals surface area contributed by atoms with Gasteiger partial charge in [0.1, 0.15) is 12.2 Å². The summed E-state index contributed by atoms with van der Waals surface area (Å²) in [5.41, 5.74) is 2.04. The quantitative estimate of drug-likeness (QED) is 0.629. The molecule has 2 aromatic carbocycles. The minimum Gasteiger partial charge on any atom is -0.362 e. The van der Waals surface area contributed by atoms with Gasteiger partial charge in [0.15, 0.2) is 0 Å². The van der Waals surface area contributed by atoms with Gasteiger partial charge in [-0.1, -0.05) is 48.0 Å². The van der Waals surface area contributed by atoms with E-state index in [1.165, 1.54) is 0 Å². The van der Waals surface area contributed by atoms with Gasteiger partial charge in [0.25, 0.3) is 10.1 Å². The van der Waals surface area contributed by atoms with Crippen LogP contribution in [0, 0.1) is 6.92 Å². The molecule has 0 bridgehead atoms. The van der Waals surface area contributed by atoms with E-state index in [0.29, 0.717) is 0 Å². The van der Waals surface area contributed by atoms with Crippen LogP contribution < -0.4 is 0 Å². The normalized spacial score (nSPS) is 21.2. The van der Waals surface area contributed by atoms with Gasteiger partial charge in [-0.15, -0.1) is 0 Å². The summed E-state index contributed by atoms with van der Waals surface area (Å²) in [6.07, 6.45) is -0.271. The first-order chi connectivity index (χ1) is 10.1. The van der Waals surface area contributed by atoms with Crippen molar-refractivity contribution in [2.45, 2.75) is 24.0 Å². The van der Waals surface area contributed by atoms with Crippen LogP contribution in [0.5, 0.6) is 0 Å². The molecule has 0 N–H and O–H groups in total. The highest BCUT2D eigenvalue weighted by Gasteiger charge is 2.41. The fourth-order valence-electron chi connectivity index (χ4n) is 2.14. The van der Waals surface area contributed by atoms with Crippen LogP contribution >= 0.6 is 0 Å². The van der Waals surface area contributed by atoms with Crippen molar-refractivity contribution in [2.24, 2.45) is 0 Å². The van der Waals surface area contributed by atoms with Crippen molar-refractivity contribution < 1.29 is 17.3 Å². The smallest absolute Gasteiger partial charge is 0.297 e. The van der Waals surface area contributed by atoms with E-state index >= 15 is 0 Å². The monoisotopic (exact) mass is 304 g/mol. The van der Waals surface area contributed by atoms with Gasteiger partial charge in [-0.2, -0.15) is 8.42 Å². The molecule has 0 unspecified atom stereocenters. The van der Waals surface area contributed by atoms with Gasteiger partial charge in [0, 0.05) is 0 Å². The molecule has 21 heavy (non-hydrogen) atoms. The molecule has 110 valence electrons. The highest BCUT2D eigenvalue weighted by atomic mass is 32.2. The summed E-state index contributed by atoms with van der Waals surface area (Å²) in [5, 5.41) is 0. The number of benzene rings is 2. The van der Waals surface area contributed by atoms with Gasteiger partial charge in [-0.3, -0.25) is 4.18 Å². The number of hydrogen-bond donors (Lipinski definition) is 0.